The van der Waals surface area contributed by atoms with Crippen LogP contribution in [0.25, 0.3) is 5.65 Å². The topological polar surface area (TPSA) is 46.4 Å². The van der Waals surface area contributed by atoms with Gasteiger partial charge in [-0.1, -0.05) is 35.3 Å². The molecule has 0 fully saturated rings. The second-order valence-corrected chi connectivity index (χ2v) is 6.92. The van der Waals surface area contributed by atoms with E-state index in [9.17, 15) is 4.79 Å². The molecule has 1 amide bonds. The molecule has 2 aromatic heterocycles. The molecule has 124 valence electrons. The highest BCUT2D eigenvalue weighted by atomic mass is 79.9. The first-order valence-corrected chi connectivity index (χ1v) is 8.84. The van der Waals surface area contributed by atoms with Gasteiger partial charge in [0.25, 0.3) is 5.91 Å². The number of nitrogens with one attached hydrogen (secondary N) is 1. The Morgan fingerprint density at radius 2 is 2.04 bits per heavy atom. The lowest BCUT2D eigenvalue weighted by molar-refractivity contribution is 0.102. The van der Waals surface area contributed by atoms with Crippen LogP contribution in [0.4, 0.5) is 5.69 Å². The zero-order valence-electron chi connectivity index (χ0n) is 14.1. The second-order valence-electron chi connectivity index (χ2n) is 6.01. The summed E-state index contributed by atoms with van der Waals surface area (Å²) in [6.07, 6.45) is 3.69. The number of rotatable bonds is 4. The first-order chi connectivity index (χ1) is 11.5. The van der Waals surface area contributed by atoms with Crippen molar-refractivity contribution < 1.29 is 4.79 Å². The highest BCUT2D eigenvalue weighted by Crippen LogP contribution is 2.22. The minimum absolute atomic E-state index is 0.123. The van der Waals surface area contributed by atoms with Gasteiger partial charge in [0, 0.05) is 16.4 Å². The van der Waals surface area contributed by atoms with Crippen molar-refractivity contribution >= 4 is 33.2 Å². The van der Waals surface area contributed by atoms with E-state index < -0.39 is 0 Å². The van der Waals surface area contributed by atoms with Crippen molar-refractivity contribution in [1.29, 1.82) is 0 Å². The van der Waals surface area contributed by atoms with Crippen LogP contribution in [-0.4, -0.2) is 15.3 Å². The molecule has 0 radical (unpaired) electrons. The van der Waals surface area contributed by atoms with Crippen molar-refractivity contribution in [2.75, 3.05) is 5.32 Å². The number of aryl methyl sites for hydroxylation is 3. The average Bonchev–Trinajstić information content (AvgIpc) is 2.87. The number of halogens is 1. The van der Waals surface area contributed by atoms with Gasteiger partial charge in [0.05, 0.1) is 5.69 Å². The minimum atomic E-state index is -0.123. The summed E-state index contributed by atoms with van der Waals surface area (Å²) in [5, 5.41) is 3.03. The van der Waals surface area contributed by atoms with Gasteiger partial charge in [-0.2, -0.15) is 0 Å². The standard InChI is InChI=1S/C19H20BrN3O/c1-4-5-16-18(23-11-12(2)6-9-17(23)21-16)19(24)22-15-8-7-14(20)10-13(15)3/h6-11H,4-5H2,1-3H3,(H,22,24). The van der Waals surface area contributed by atoms with Crippen LogP contribution in [0.2, 0.25) is 0 Å². The third-order valence-corrected chi connectivity index (χ3v) is 4.47. The zero-order chi connectivity index (χ0) is 17.3. The highest BCUT2D eigenvalue weighted by molar-refractivity contribution is 9.10. The van der Waals surface area contributed by atoms with Gasteiger partial charge in [-0.05, 0) is 55.7 Å². The van der Waals surface area contributed by atoms with Crippen molar-refractivity contribution in [2.45, 2.75) is 33.6 Å². The first-order valence-electron chi connectivity index (χ1n) is 8.04. The number of carbonyl (C=O) groups is 1. The molecule has 0 unspecified atom stereocenters. The van der Waals surface area contributed by atoms with Crippen molar-refractivity contribution in [2.24, 2.45) is 0 Å². The lowest BCUT2D eigenvalue weighted by Crippen LogP contribution is -2.17. The number of hydrogen-bond donors (Lipinski definition) is 1. The number of benzene rings is 1. The van der Waals surface area contributed by atoms with Gasteiger partial charge in [-0.25, -0.2) is 4.98 Å². The van der Waals surface area contributed by atoms with E-state index >= 15 is 0 Å². The molecule has 0 saturated heterocycles. The van der Waals surface area contributed by atoms with E-state index in [2.05, 4.69) is 33.2 Å². The molecule has 2 heterocycles. The fourth-order valence-corrected chi connectivity index (χ4v) is 3.28. The molecule has 0 spiro atoms. The first kappa shape index (κ1) is 16.7. The Morgan fingerprint density at radius 1 is 1.25 bits per heavy atom. The number of amides is 1. The number of nitrogens with zero attached hydrogens (tertiary/aromatic N) is 2. The number of aromatic nitrogens is 2. The van der Waals surface area contributed by atoms with Crippen LogP contribution >= 0.6 is 15.9 Å². The molecule has 0 aliphatic carbocycles. The second kappa shape index (κ2) is 6.77. The quantitative estimate of drug-likeness (QED) is 0.692. The summed E-state index contributed by atoms with van der Waals surface area (Å²) in [5.41, 5.74) is 5.19. The summed E-state index contributed by atoms with van der Waals surface area (Å²) in [6, 6.07) is 9.79. The van der Waals surface area contributed by atoms with E-state index in [-0.39, 0.29) is 5.91 Å². The lowest BCUT2D eigenvalue weighted by atomic mass is 10.1. The molecular weight excluding hydrogens is 366 g/mol. The third-order valence-electron chi connectivity index (χ3n) is 3.98. The van der Waals surface area contributed by atoms with Crippen molar-refractivity contribution in [3.05, 3.63) is 63.5 Å². The van der Waals surface area contributed by atoms with Crippen LogP contribution in [0.1, 0.15) is 40.7 Å². The summed E-state index contributed by atoms with van der Waals surface area (Å²) in [7, 11) is 0. The van der Waals surface area contributed by atoms with Crippen LogP contribution in [0.3, 0.4) is 0 Å². The number of carbonyl (C=O) groups excluding carboxylic acids is 1. The van der Waals surface area contributed by atoms with Crippen LogP contribution in [-0.2, 0) is 6.42 Å². The van der Waals surface area contributed by atoms with E-state index in [1.165, 1.54) is 0 Å². The number of hydrogen-bond acceptors (Lipinski definition) is 2. The summed E-state index contributed by atoms with van der Waals surface area (Å²) < 4.78 is 2.89. The van der Waals surface area contributed by atoms with Crippen molar-refractivity contribution in [3.8, 4) is 0 Å². The van der Waals surface area contributed by atoms with E-state index in [0.717, 1.165) is 45.5 Å². The van der Waals surface area contributed by atoms with Crippen LogP contribution < -0.4 is 5.32 Å². The summed E-state index contributed by atoms with van der Waals surface area (Å²) in [5.74, 6) is -0.123. The van der Waals surface area contributed by atoms with Crippen LogP contribution in [0, 0.1) is 13.8 Å². The van der Waals surface area contributed by atoms with E-state index in [1.54, 1.807) is 0 Å². The minimum Gasteiger partial charge on any atom is -0.320 e. The predicted molar refractivity (Wildman–Crippen MR) is 101 cm³/mol. The molecule has 3 rings (SSSR count). The largest absolute Gasteiger partial charge is 0.320 e. The van der Waals surface area contributed by atoms with Gasteiger partial charge in [0.1, 0.15) is 11.3 Å². The molecule has 0 atom stereocenters. The molecule has 24 heavy (non-hydrogen) atoms. The number of pyridine rings is 1. The van der Waals surface area contributed by atoms with Gasteiger partial charge in [-0.15, -0.1) is 0 Å². The summed E-state index contributed by atoms with van der Waals surface area (Å²) in [4.78, 5) is 17.6. The Balaban J connectivity index is 2.04. The Morgan fingerprint density at radius 3 is 2.75 bits per heavy atom. The van der Waals surface area contributed by atoms with Crippen LogP contribution in [0.5, 0.6) is 0 Å². The van der Waals surface area contributed by atoms with E-state index in [0.29, 0.717) is 5.69 Å². The molecule has 3 aromatic rings. The third kappa shape index (κ3) is 3.22. The number of anilines is 1. The molecule has 5 heteroatoms. The van der Waals surface area contributed by atoms with Gasteiger partial charge in [0.2, 0.25) is 0 Å². The highest BCUT2D eigenvalue weighted by Gasteiger charge is 2.19. The normalized spacial score (nSPS) is 11.0. The number of imidazole rings is 1. The average molecular weight is 386 g/mol. The summed E-state index contributed by atoms with van der Waals surface area (Å²) in [6.45, 7) is 6.08. The predicted octanol–water partition coefficient (Wildman–Crippen LogP) is 4.92. The molecular formula is C19H20BrN3O. The fourth-order valence-electron chi connectivity index (χ4n) is 2.80. The molecule has 1 N–H and O–H groups in total. The number of fused-ring (bicyclic) bond motifs is 1. The maximum absolute atomic E-state index is 12.9. The van der Waals surface area contributed by atoms with Gasteiger partial charge in [0.15, 0.2) is 0 Å². The Kier molecular flexibility index (Phi) is 4.71. The molecule has 0 saturated carbocycles. The molecule has 0 aliphatic rings. The molecule has 0 bridgehead atoms. The van der Waals surface area contributed by atoms with E-state index in [1.807, 2.05) is 54.8 Å². The van der Waals surface area contributed by atoms with Gasteiger partial charge in [-0.3, -0.25) is 9.20 Å². The van der Waals surface area contributed by atoms with Gasteiger partial charge < -0.3 is 5.32 Å². The summed E-state index contributed by atoms with van der Waals surface area (Å²) >= 11 is 3.45. The van der Waals surface area contributed by atoms with Gasteiger partial charge >= 0.3 is 0 Å². The lowest BCUT2D eigenvalue weighted by Gasteiger charge is -2.10. The Bertz CT molecular complexity index is 914. The van der Waals surface area contributed by atoms with Crippen molar-refractivity contribution in [3.63, 3.8) is 0 Å². The molecule has 4 nitrogen and oxygen atoms in total. The Hall–Kier alpha value is -2.14. The van der Waals surface area contributed by atoms with E-state index in [4.69, 9.17) is 0 Å². The molecule has 1 aromatic carbocycles. The fraction of sp³-hybridized carbons (Fsp3) is 0.263. The monoisotopic (exact) mass is 385 g/mol. The van der Waals surface area contributed by atoms with Crippen molar-refractivity contribution in [1.82, 2.24) is 9.38 Å². The maximum Gasteiger partial charge on any atom is 0.274 e. The Labute approximate surface area is 150 Å². The zero-order valence-corrected chi connectivity index (χ0v) is 15.6. The SMILES string of the molecule is CCCc1nc2ccc(C)cn2c1C(=O)Nc1ccc(Br)cc1C. The molecule has 0 aliphatic heterocycles. The smallest absolute Gasteiger partial charge is 0.274 e. The van der Waals surface area contributed by atoms with Crippen LogP contribution in [0.15, 0.2) is 41.0 Å². The maximum atomic E-state index is 12.9.